The van der Waals surface area contributed by atoms with Crippen LogP contribution >= 0.6 is 11.8 Å². The third kappa shape index (κ3) is 3.05. The lowest BCUT2D eigenvalue weighted by atomic mass is 10.1. The van der Waals surface area contributed by atoms with Crippen LogP contribution in [-0.4, -0.2) is 31.9 Å². The van der Waals surface area contributed by atoms with Crippen molar-refractivity contribution in [3.8, 4) is 0 Å². The van der Waals surface area contributed by atoms with Crippen LogP contribution in [0.4, 0.5) is 4.39 Å². The van der Waals surface area contributed by atoms with Gasteiger partial charge in [0, 0.05) is 5.75 Å². The van der Waals surface area contributed by atoms with Gasteiger partial charge in [-0.25, -0.2) is 9.07 Å². The van der Waals surface area contributed by atoms with Crippen LogP contribution in [0.5, 0.6) is 0 Å². The van der Waals surface area contributed by atoms with E-state index in [9.17, 15) is 4.39 Å². The molecule has 96 valence electrons. The van der Waals surface area contributed by atoms with Gasteiger partial charge < -0.3 is 5.11 Å². The molecule has 1 aromatic carbocycles. The maximum absolute atomic E-state index is 13.0. The number of hydrogen-bond acceptors (Lipinski definition) is 5. The van der Waals surface area contributed by atoms with Crippen LogP contribution < -0.4 is 0 Å². The summed E-state index contributed by atoms with van der Waals surface area (Å²) in [7, 11) is 0. The highest BCUT2D eigenvalue weighted by Gasteiger charge is 2.08. The highest BCUT2D eigenvalue weighted by atomic mass is 32.2. The Morgan fingerprint density at radius 1 is 1.44 bits per heavy atom. The van der Waals surface area contributed by atoms with Crippen molar-refractivity contribution in [2.24, 2.45) is 0 Å². The first-order valence-corrected chi connectivity index (χ1v) is 6.44. The third-order valence-electron chi connectivity index (χ3n) is 2.47. The van der Waals surface area contributed by atoms with Crippen LogP contribution in [0, 0.1) is 12.7 Å². The Bertz CT molecular complexity index is 532. The molecule has 0 aliphatic carbocycles. The number of nitrogens with zero attached hydrogens (tertiary/aromatic N) is 4. The SMILES string of the molecule is Cc1cc(F)ccc1CSc1nnnn1CCO. The molecule has 0 saturated heterocycles. The third-order valence-corrected chi connectivity index (χ3v) is 3.48. The second-order valence-corrected chi connectivity index (χ2v) is 4.71. The first-order chi connectivity index (χ1) is 8.70. The molecule has 2 rings (SSSR count). The molecule has 0 atom stereocenters. The minimum atomic E-state index is -0.230. The fourth-order valence-electron chi connectivity index (χ4n) is 1.50. The van der Waals surface area contributed by atoms with Crippen LogP contribution in [0.3, 0.4) is 0 Å². The summed E-state index contributed by atoms with van der Waals surface area (Å²) in [5.74, 6) is 0.434. The minimum absolute atomic E-state index is 0.00578. The van der Waals surface area contributed by atoms with E-state index in [0.29, 0.717) is 17.5 Å². The fraction of sp³-hybridized carbons (Fsp3) is 0.364. The van der Waals surface area contributed by atoms with Gasteiger partial charge in [-0.05, 0) is 40.6 Å². The van der Waals surface area contributed by atoms with Crippen LogP contribution in [-0.2, 0) is 12.3 Å². The number of aliphatic hydroxyl groups is 1. The Morgan fingerprint density at radius 2 is 2.28 bits per heavy atom. The maximum atomic E-state index is 13.0. The number of halogens is 1. The predicted octanol–water partition coefficient (Wildman–Crippen LogP) is 1.41. The van der Waals surface area contributed by atoms with E-state index in [2.05, 4.69) is 15.5 Å². The van der Waals surface area contributed by atoms with Crippen molar-refractivity contribution < 1.29 is 9.50 Å². The van der Waals surface area contributed by atoms with Crippen molar-refractivity contribution in [2.75, 3.05) is 6.61 Å². The Morgan fingerprint density at radius 3 is 3.00 bits per heavy atom. The van der Waals surface area contributed by atoms with E-state index >= 15 is 0 Å². The summed E-state index contributed by atoms with van der Waals surface area (Å²) >= 11 is 1.46. The van der Waals surface area contributed by atoms with E-state index < -0.39 is 0 Å². The molecular formula is C11H13FN4OS. The number of tetrazole rings is 1. The largest absolute Gasteiger partial charge is 0.394 e. The highest BCUT2D eigenvalue weighted by molar-refractivity contribution is 7.98. The Labute approximate surface area is 108 Å². The topological polar surface area (TPSA) is 63.8 Å². The molecule has 0 aliphatic heterocycles. The van der Waals surface area contributed by atoms with Crippen LogP contribution in [0.2, 0.25) is 0 Å². The number of aryl methyl sites for hydroxylation is 1. The van der Waals surface area contributed by atoms with Crippen molar-refractivity contribution in [2.45, 2.75) is 24.4 Å². The van der Waals surface area contributed by atoms with Gasteiger partial charge in [0.2, 0.25) is 5.16 Å². The van der Waals surface area contributed by atoms with Crippen molar-refractivity contribution >= 4 is 11.8 Å². The van der Waals surface area contributed by atoms with Gasteiger partial charge in [-0.1, -0.05) is 17.8 Å². The molecule has 1 heterocycles. The molecule has 0 aliphatic rings. The number of aromatic nitrogens is 4. The first kappa shape index (κ1) is 13.0. The molecule has 0 fully saturated rings. The fourth-order valence-corrected chi connectivity index (χ4v) is 2.48. The summed E-state index contributed by atoms with van der Waals surface area (Å²) in [6.45, 7) is 2.24. The van der Waals surface area contributed by atoms with E-state index in [1.165, 1.54) is 23.9 Å². The molecule has 0 radical (unpaired) electrons. The van der Waals surface area contributed by atoms with Crippen LogP contribution in [0.25, 0.3) is 0 Å². The lowest BCUT2D eigenvalue weighted by Gasteiger charge is -2.05. The lowest BCUT2D eigenvalue weighted by molar-refractivity contribution is 0.262. The van der Waals surface area contributed by atoms with Crippen LogP contribution in [0.15, 0.2) is 23.4 Å². The zero-order valence-corrected chi connectivity index (χ0v) is 10.7. The zero-order chi connectivity index (χ0) is 13.0. The summed E-state index contributed by atoms with van der Waals surface area (Å²) in [5.41, 5.74) is 1.95. The van der Waals surface area contributed by atoms with E-state index in [0.717, 1.165) is 11.1 Å². The standard InChI is InChI=1S/C11H13FN4OS/c1-8-6-10(12)3-2-9(8)7-18-11-13-14-15-16(11)4-5-17/h2-3,6,17H,4-5,7H2,1H3. The number of aliphatic hydroxyl groups excluding tert-OH is 1. The van der Waals surface area contributed by atoms with Gasteiger partial charge in [-0.2, -0.15) is 0 Å². The smallest absolute Gasteiger partial charge is 0.209 e. The monoisotopic (exact) mass is 268 g/mol. The maximum Gasteiger partial charge on any atom is 0.209 e. The van der Waals surface area contributed by atoms with E-state index in [1.54, 1.807) is 10.7 Å². The average Bonchev–Trinajstić information content (AvgIpc) is 2.76. The molecule has 0 spiro atoms. The Hall–Kier alpha value is -1.47. The van der Waals surface area contributed by atoms with Gasteiger partial charge in [0.1, 0.15) is 5.82 Å². The normalized spacial score (nSPS) is 10.8. The van der Waals surface area contributed by atoms with E-state index in [4.69, 9.17) is 5.11 Å². The summed E-state index contributed by atoms with van der Waals surface area (Å²) in [5, 5.41) is 20.7. The van der Waals surface area contributed by atoms with Gasteiger partial charge in [0.05, 0.1) is 13.2 Å². The molecular weight excluding hydrogens is 255 g/mol. The van der Waals surface area contributed by atoms with E-state index in [1.807, 2.05) is 6.92 Å². The summed E-state index contributed by atoms with van der Waals surface area (Å²) in [6.07, 6.45) is 0. The van der Waals surface area contributed by atoms with Gasteiger partial charge in [-0.3, -0.25) is 0 Å². The summed E-state index contributed by atoms with van der Waals surface area (Å²) < 4.78 is 14.5. The average molecular weight is 268 g/mol. The van der Waals surface area contributed by atoms with Crippen molar-refractivity contribution in [3.05, 3.63) is 35.1 Å². The predicted molar refractivity (Wildman–Crippen MR) is 65.6 cm³/mol. The Kier molecular flexibility index (Phi) is 4.27. The van der Waals surface area contributed by atoms with Gasteiger partial charge >= 0.3 is 0 Å². The van der Waals surface area contributed by atoms with Gasteiger partial charge in [0.25, 0.3) is 0 Å². The molecule has 7 heteroatoms. The number of thioether (sulfide) groups is 1. The minimum Gasteiger partial charge on any atom is -0.394 e. The van der Waals surface area contributed by atoms with Crippen molar-refractivity contribution in [3.63, 3.8) is 0 Å². The van der Waals surface area contributed by atoms with Crippen LogP contribution in [0.1, 0.15) is 11.1 Å². The second-order valence-electron chi connectivity index (χ2n) is 3.77. The molecule has 0 unspecified atom stereocenters. The molecule has 0 bridgehead atoms. The second kappa shape index (κ2) is 5.92. The first-order valence-electron chi connectivity index (χ1n) is 5.45. The highest BCUT2D eigenvalue weighted by Crippen LogP contribution is 2.22. The summed E-state index contributed by atoms with van der Waals surface area (Å²) in [6, 6.07) is 4.71. The molecule has 18 heavy (non-hydrogen) atoms. The van der Waals surface area contributed by atoms with E-state index in [-0.39, 0.29) is 12.4 Å². The van der Waals surface area contributed by atoms with Crippen molar-refractivity contribution in [1.82, 2.24) is 20.2 Å². The molecule has 0 saturated carbocycles. The zero-order valence-electron chi connectivity index (χ0n) is 9.88. The number of hydrogen-bond donors (Lipinski definition) is 1. The molecule has 0 amide bonds. The molecule has 1 N–H and O–H groups in total. The van der Waals surface area contributed by atoms with Gasteiger partial charge in [0.15, 0.2) is 0 Å². The quantitative estimate of drug-likeness (QED) is 0.831. The number of benzene rings is 1. The molecule has 2 aromatic rings. The molecule has 1 aromatic heterocycles. The molecule has 5 nitrogen and oxygen atoms in total. The number of rotatable bonds is 5. The van der Waals surface area contributed by atoms with Crippen molar-refractivity contribution in [1.29, 1.82) is 0 Å². The van der Waals surface area contributed by atoms with Gasteiger partial charge in [-0.15, -0.1) is 5.10 Å². The lowest BCUT2D eigenvalue weighted by Crippen LogP contribution is -2.05. The summed E-state index contributed by atoms with van der Waals surface area (Å²) in [4.78, 5) is 0. The Balaban J connectivity index is 2.04.